The highest BCUT2D eigenvalue weighted by atomic mass is 32.1. The van der Waals surface area contributed by atoms with Crippen molar-refractivity contribution in [2.75, 3.05) is 10.3 Å². The van der Waals surface area contributed by atoms with Crippen molar-refractivity contribution in [2.24, 2.45) is 5.10 Å². The molecule has 3 aromatic rings. The van der Waals surface area contributed by atoms with Gasteiger partial charge in [0.2, 0.25) is 11.0 Å². The van der Waals surface area contributed by atoms with Gasteiger partial charge in [0, 0.05) is 19.0 Å². The van der Waals surface area contributed by atoms with Gasteiger partial charge in [0.25, 0.3) is 5.91 Å². The second-order valence-electron chi connectivity index (χ2n) is 5.67. The fourth-order valence-electron chi connectivity index (χ4n) is 2.52. The Hall–Kier alpha value is -3.46. The molecule has 0 spiro atoms. The summed E-state index contributed by atoms with van der Waals surface area (Å²) in [4.78, 5) is 28.9. The molecule has 2 amide bonds. The first-order valence-electron chi connectivity index (χ1n) is 8.22. The third kappa shape index (κ3) is 3.72. The minimum atomic E-state index is -0.396. The molecule has 27 heavy (non-hydrogen) atoms. The summed E-state index contributed by atoms with van der Waals surface area (Å²) in [6.07, 6.45) is 2.16. The van der Waals surface area contributed by atoms with E-state index in [4.69, 9.17) is 0 Å². The van der Waals surface area contributed by atoms with E-state index in [2.05, 4.69) is 25.6 Å². The van der Waals surface area contributed by atoms with Gasteiger partial charge in [-0.2, -0.15) is 5.10 Å². The minimum absolute atomic E-state index is 0.147. The Morgan fingerprint density at radius 1 is 1.04 bits per heavy atom. The van der Waals surface area contributed by atoms with E-state index in [1.165, 1.54) is 16.3 Å². The smallest absolute Gasteiger partial charge is 0.273 e. The Kier molecular flexibility index (Phi) is 4.67. The van der Waals surface area contributed by atoms with Gasteiger partial charge in [0.05, 0.1) is 5.69 Å². The number of pyridine rings is 1. The molecule has 0 unspecified atom stereocenters. The van der Waals surface area contributed by atoms with Gasteiger partial charge >= 0.3 is 0 Å². The highest BCUT2D eigenvalue weighted by Gasteiger charge is 2.26. The van der Waals surface area contributed by atoms with Gasteiger partial charge in [-0.05, 0) is 24.3 Å². The predicted molar refractivity (Wildman–Crippen MR) is 102 cm³/mol. The van der Waals surface area contributed by atoms with Crippen molar-refractivity contribution >= 4 is 39.7 Å². The van der Waals surface area contributed by atoms with Crippen molar-refractivity contribution in [1.29, 1.82) is 0 Å². The lowest BCUT2D eigenvalue weighted by molar-refractivity contribution is -0.118. The summed E-state index contributed by atoms with van der Waals surface area (Å²) in [6, 6.07) is 14.5. The molecule has 4 rings (SSSR count). The molecule has 9 heteroatoms. The van der Waals surface area contributed by atoms with Crippen LogP contribution in [0.1, 0.15) is 12.8 Å². The molecule has 2 aromatic heterocycles. The number of carbonyl (C=O) groups is 2. The third-order valence-electron chi connectivity index (χ3n) is 3.82. The topological polar surface area (TPSA) is 100 Å². The van der Waals surface area contributed by atoms with Crippen LogP contribution in [0.2, 0.25) is 0 Å². The highest BCUT2D eigenvalue weighted by molar-refractivity contribution is 7.18. The van der Waals surface area contributed by atoms with E-state index in [0.29, 0.717) is 21.5 Å². The number of aromatic nitrogens is 3. The molecule has 134 valence electrons. The van der Waals surface area contributed by atoms with Crippen molar-refractivity contribution < 1.29 is 9.59 Å². The fraction of sp³-hybridized carbons (Fsp3) is 0.111. The molecule has 1 N–H and O–H groups in total. The van der Waals surface area contributed by atoms with Gasteiger partial charge in [-0.3, -0.25) is 19.9 Å². The van der Waals surface area contributed by atoms with E-state index in [1.54, 1.807) is 18.3 Å². The van der Waals surface area contributed by atoms with Crippen LogP contribution in [0.25, 0.3) is 10.7 Å². The van der Waals surface area contributed by atoms with Crippen LogP contribution >= 0.6 is 11.3 Å². The minimum Gasteiger partial charge on any atom is -0.295 e. The van der Waals surface area contributed by atoms with Crippen LogP contribution < -0.4 is 10.3 Å². The lowest BCUT2D eigenvalue weighted by Gasteiger charge is -2.22. The average Bonchev–Trinajstić information content (AvgIpc) is 3.18. The summed E-state index contributed by atoms with van der Waals surface area (Å²) in [5.74, 6) is -0.543. The van der Waals surface area contributed by atoms with Gasteiger partial charge < -0.3 is 0 Å². The van der Waals surface area contributed by atoms with Gasteiger partial charge in [-0.25, -0.2) is 5.01 Å². The maximum absolute atomic E-state index is 12.5. The summed E-state index contributed by atoms with van der Waals surface area (Å²) >= 11 is 1.22. The monoisotopic (exact) mass is 378 g/mol. The van der Waals surface area contributed by atoms with Gasteiger partial charge in [0.15, 0.2) is 5.01 Å². The number of amides is 2. The highest BCUT2D eigenvalue weighted by Crippen LogP contribution is 2.25. The first-order chi connectivity index (χ1) is 13.2. The molecule has 0 saturated heterocycles. The number of hydrazone groups is 1. The summed E-state index contributed by atoms with van der Waals surface area (Å²) in [5, 5.41) is 17.2. The Morgan fingerprint density at radius 2 is 1.85 bits per heavy atom. The van der Waals surface area contributed by atoms with Crippen molar-refractivity contribution in [1.82, 2.24) is 15.2 Å². The van der Waals surface area contributed by atoms with Crippen LogP contribution in [-0.4, -0.2) is 32.7 Å². The van der Waals surface area contributed by atoms with Gasteiger partial charge in [0.1, 0.15) is 11.4 Å². The molecule has 1 aromatic carbocycles. The average molecular weight is 378 g/mol. The molecule has 1 aliphatic heterocycles. The zero-order valence-corrected chi connectivity index (χ0v) is 14.9. The Bertz CT molecular complexity index is 1000. The maximum atomic E-state index is 12.5. The number of nitrogens with one attached hydrogen (secondary N) is 1. The van der Waals surface area contributed by atoms with E-state index in [-0.39, 0.29) is 24.5 Å². The van der Waals surface area contributed by atoms with Crippen LogP contribution in [-0.2, 0) is 9.59 Å². The lowest BCUT2D eigenvalue weighted by atomic mass is 10.1. The molecule has 8 nitrogen and oxygen atoms in total. The van der Waals surface area contributed by atoms with E-state index < -0.39 is 5.91 Å². The van der Waals surface area contributed by atoms with Gasteiger partial charge in [-0.1, -0.05) is 35.6 Å². The quantitative estimate of drug-likeness (QED) is 0.752. The maximum Gasteiger partial charge on any atom is 0.273 e. The normalized spacial score (nSPS) is 14.0. The van der Waals surface area contributed by atoms with Crippen LogP contribution in [0, 0.1) is 0 Å². The summed E-state index contributed by atoms with van der Waals surface area (Å²) in [5.41, 5.74) is 1.58. The summed E-state index contributed by atoms with van der Waals surface area (Å²) in [7, 11) is 0. The summed E-state index contributed by atoms with van der Waals surface area (Å²) < 4.78 is 0. The first kappa shape index (κ1) is 17.0. The van der Waals surface area contributed by atoms with Crippen LogP contribution in [0.3, 0.4) is 0 Å². The molecule has 0 aliphatic carbocycles. The largest absolute Gasteiger partial charge is 0.295 e. The number of carbonyl (C=O) groups excluding carboxylic acids is 2. The number of anilines is 2. The van der Waals surface area contributed by atoms with Crippen LogP contribution in [0.5, 0.6) is 0 Å². The molecule has 0 radical (unpaired) electrons. The zero-order chi connectivity index (χ0) is 18.6. The molecule has 0 bridgehead atoms. The Balaban J connectivity index is 1.51. The SMILES string of the molecule is O=C(Nc1nnc(-c2ccccn2)s1)C1=NN(c2ccccc2)C(=O)CC1. The van der Waals surface area contributed by atoms with Crippen LogP contribution in [0.15, 0.2) is 59.8 Å². The van der Waals surface area contributed by atoms with Crippen LogP contribution in [0.4, 0.5) is 10.8 Å². The van der Waals surface area contributed by atoms with E-state index >= 15 is 0 Å². The fourth-order valence-corrected chi connectivity index (χ4v) is 3.24. The zero-order valence-electron chi connectivity index (χ0n) is 14.1. The number of para-hydroxylation sites is 1. The van der Waals surface area contributed by atoms with E-state index in [1.807, 2.05) is 36.4 Å². The number of rotatable bonds is 4. The van der Waals surface area contributed by atoms with E-state index in [9.17, 15) is 9.59 Å². The van der Waals surface area contributed by atoms with Crippen molar-refractivity contribution in [3.8, 4) is 10.7 Å². The standard InChI is InChI=1S/C18H14N6O2S/c25-15-10-9-13(23-24(15)12-6-2-1-3-7-12)16(26)20-18-22-21-17(27-18)14-8-4-5-11-19-14/h1-8,11H,9-10H2,(H,20,22,26). The molecular weight excluding hydrogens is 364 g/mol. The second kappa shape index (κ2) is 7.42. The second-order valence-corrected chi connectivity index (χ2v) is 6.65. The number of hydrogen-bond acceptors (Lipinski definition) is 7. The van der Waals surface area contributed by atoms with Crippen molar-refractivity contribution in [3.63, 3.8) is 0 Å². The number of nitrogens with zero attached hydrogens (tertiary/aromatic N) is 5. The lowest BCUT2D eigenvalue weighted by Crippen LogP contribution is -2.36. The molecule has 3 heterocycles. The molecule has 0 saturated carbocycles. The number of hydrogen-bond donors (Lipinski definition) is 1. The van der Waals surface area contributed by atoms with Crippen molar-refractivity contribution in [2.45, 2.75) is 12.8 Å². The molecule has 0 fully saturated rings. The Labute approximate surface area is 158 Å². The molecule has 1 aliphatic rings. The molecular formula is C18H14N6O2S. The first-order valence-corrected chi connectivity index (χ1v) is 9.04. The number of benzene rings is 1. The van der Waals surface area contributed by atoms with E-state index in [0.717, 1.165) is 0 Å². The van der Waals surface area contributed by atoms with Gasteiger partial charge in [-0.15, -0.1) is 10.2 Å². The third-order valence-corrected chi connectivity index (χ3v) is 4.69. The molecule has 0 atom stereocenters. The Morgan fingerprint density at radius 3 is 2.63 bits per heavy atom. The summed E-state index contributed by atoms with van der Waals surface area (Å²) in [6.45, 7) is 0. The predicted octanol–water partition coefficient (Wildman–Crippen LogP) is 2.72. The van der Waals surface area contributed by atoms with Crippen molar-refractivity contribution in [3.05, 3.63) is 54.7 Å².